The number of benzene rings is 2. The molecule has 2 aromatic carbocycles. The van der Waals surface area contributed by atoms with Gasteiger partial charge in [-0.25, -0.2) is 12.8 Å². The van der Waals surface area contributed by atoms with Crippen LogP contribution >= 0.6 is 0 Å². The van der Waals surface area contributed by atoms with E-state index >= 15 is 0 Å². The van der Waals surface area contributed by atoms with Gasteiger partial charge in [-0.05, 0) is 67.4 Å². The molecule has 1 unspecified atom stereocenters. The molecule has 0 bridgehead atoms. The first kappa shape index (κ1) is 18.3. The van der Waals surface area contributed by atoms with E-state index in [4.69, 9.17) is 5.73 Å². The van der Waals surface area contributed by atoms with E-state index in [9.17, 15) is 17.6 Å². The lowest BCUT2D eigenvalue weighted by Crippen LogP contribution is -2.29. The van der Waals surface area contributed by atoms with Crippen molar-refractivity contribution < 1.29 is 17.6 Å². The summed E-state index contributed by atoms with van der Waals surface area (Å²) in [6, 6.07) is 10.8. The smallest absolute Gasteiger partial charge is 0.261 e. The van der Waals surface area contributed by atoms with E-state index < -0.39 is 15.8 Å². The van der Waals surface area contributed by atoms with Gasteiger partial charge >= 0.3 is 0 Å². The molecule has 1 fully saturated rings. The molecule has 6 nitrogen and oxygen atoms in total. The second kappa shape index (κ2) is 7.43. The number of rotatable bonds is 5. The van der Waals surface area contributed by atoms with E-state index in [1.807, 2.05) is 0 Å². The van der Waals surface area contributed by atoms with E-state index in [2.05, 4.69) is 4.72 Å². The molecule has 1 aliphatic rings. The van der Waals surface area contributed by atoms with Gasteiger partial charge in [-0.1, -0.05) is 0 Å². The normalized spacial score (nSPS) is 17.3. The highest BCUT2D eigenvalue weighted by Gasteiger charge is 2.26. The maximum Gasteiger partial charge on any atom is 0.261 e. The van der Waals surface area contributed by atoms with Gasteiger partial charge in [-0.2, -0.15) is 0 Å². The van der Waals surface area contributed by atoms with Crippen LogP contribution in [0.5, 0.6) is 0 Å². The number of hydrogen-bond acceptors (Lipinski definition) is 4. The van der Waals surface area contributed by atoms with E-state index in [1.165, 1.54) is 24.3 Å². The Hall–Kier alpha value is -2.45. The van der Waals surface area contributed by atoms with Gasteiger partial charge in [0.2, 0.25) is 0 Å². The average Bonchev–Trinajstić information content (AvgIpc) is 3.11. The third-order valence-corrected chi connectivity index (χ3v) is 5.81. The summed E-state index contributed by atoms with van der Waals surface area (Å²) >= 11 is 0. The minimum atomic E-state index is -3.82. The summed E-state index contributed by atoms with van der Waals surface area (Å²) in [4.78, 5) is 14.2. The molecule has 0 aromatic heterocycles. The molecule has 1 saturated heterocycles. The fourth-order valence-electron chi connectivity index (χ4n) is 2.90. The van der Waals surface area contributed by atoms with Crippen molar-refractivity contribution in [2.24, 2.45) is 11.7 Å². The molecule has 8 heteroatoms. The number of anilines is 1. The Balaban J connectivity index is 1.69. The fourth-order valence-corrected chi connectivity index (χ4v) is 3.96. The summed E-state index contributed by atoms with van der Waals surface area (Å²) in [6.45, 7) is 1.89. The standard InChI is InChI=1S/C18H20FN3O3S/c19-15-3-7-17(8-4-15)26(24,25)21-16-5-1-14(2-6-16)18(23)22-10-9-13(11-20)12-22/h1-8,13,21H,9-12,20H2. The largest absolute Gasteiger partial charge is 0.338 e. The van der Waals surface area contributed by atoms with Gasteiger partial charge in [0.15, 0.2) is 0 Å². The summed E-state index contributed by atoms with van der Waals surface area (Å²) in [6.07, 6.45) is 0.901. The van der Waals surface area contributed by atoms with Crippen LogP contribution in [0, 0.1) is 11.7 Å². The fraction of sp³-hybridized carbons (Fsp3) is 0.278. The molecule has 1 heterocycles. The zero-order chi connectivity index (χ0) is 18.7. The van der Waals surface area contributed by atoms with Gasteiger partial charge in [-0.3, -0.25) is 9.52 Å². The van der Waals surface area contributed by atoms with Crippen LogP contribution < -0.4 is 10.5 Å². The summed E-state index contributed by atoms with van der Waals surface area (Å²) in [7, 11) is -3.82. The van der Waals surface area contributed by atoms with Gasteiger partial charge < -0.3 is 10.6 Å². The molecular weight excluding hydrogens is 357 g/mol. The van der Waals surface area contributed by atoms with E-state index in [-0.39, 0.29) is 10.8 Å². The van der Waals surface area contributed by atoms with E-state index in [1.54, 1.807) is 17.0 Å². The lowest BCUT2D eigenvalue weighted by atomic mass is 10.1. The van der Waals surface area contributed by atoms with Gasteiger partial charge in [0.25, 0.3) is 15.9 Å². The number of likely N-dealkylation sites (tertiary alicyclic amines) is 1. The maximum atomic E-state index is 12.9. The molecule has 3 rings (SSSR count). The molecule has 0 aliphatic carbocycles. The number of halogens is 1. The van der Waals surface area contributed by atoms with Crippen LogP contribution in [0.25, 0.3) is 0 Å². The molecule has 0 radical (unpaired) electrons. The van der Waals surface area contributed by atoms with Crippen molar-refractivity contribution in [3.05, 3.63) is 59.9 Å². The Morgan fingerprint density at radius 2 is 1.81 bits per heavy atom. The predicted molar refractivity (Wildman–Crippen MR) is 96.7 cm³/mol. The lowest BCUT2D eigenvalue weighted by molar-refractivity contribution is 0.0787. The van der Waals surface area contributed by atoms with Crippen LogP contribution in [0.15, 0.2) is 53.4 Å². The van der Waals surface area contributed by atoms with Crippen molar-refractivity contribution in [1.29, 1.82) is 0 Å². The molecule has 1 aliphatic heterocycles. The van der Waals surface area contributed by atoms with Gasteiger partial charge in [-0.15, -0.1) is 0 Å². The topological polar surface area (TPSA) is 92.5 Å². The second-order valence-corrected chi connectivity index (χ2v) is 7.96. The summed E-state index contributed by atoms with van der Waals surface area (Å²) in [5, 5.41) is 0. The SMILES string of the molecule is NCC1CCN(C(=O)c2ccc(NS(=O)(=O)c3ccc(F)cc3)cc2)C1. The van der Waals surface area contributed by atoms with Crippen molar-refractivity contribution in [2.45, 2.75) is 11.3 Å². The van der Waals surface area contributed by atoms with Crippen LogP contribution in [-0.4, -0.2) is 38.9 Å². The number of nitrogens with zero attached hydrogens (tertiary/aromatic N) is 1. The molecule has 138 valence electrons. The van der Waals surface area contributed by atoms with Crippen molar-refractivity contribution in [3.63, 3.8) is 0 Å². The Labute approximate surface area is 151 Å². The van der Waals surface area contributed by atoms with Gasteiger partial charge in [0.05, 0.1) is 4.90 Å². The van der Waals surface area contributed by atoms with Crippen LogP contribution in [0.2, 0.25) is 0 Å². The van der Waals surface area contributed by atoms with Crippen molar-refractivity contribution in [1.82, 2.24) is 4.90 Å². The third kappa shape index (κ3) is 4.03. The minimum absolute atomic E-state index is 0.0380. The highest BCUT2D eigenvalue weighted by molar-refractivity contribution is 7.92. The number of hydrogen-bond donors (Lipinski definition) is 2. The summed E-state index contributed by atoms with van der Waals surface area (Å²) < 4.78 is 39.9. The zero-order valence-corrected chi connectivity index (χ0v) is 14.9. The highest BCUT2D eigenvalue weighted by atomic mass is 32.2. The number of carbonyl (C=O) groups is 1. The first-order valence-corrected chi connectivity index (χ1v) is 9.75. The van der Waals surface area contributed by atoms with E-state index in [0.29, 0.717) is 36.8 Å². The number of nitrogens with two attached hydrogens (primary N) is 1. The maximum absolute atomic E-state index is 12.9. The van der Waals surface area contributed by atoms with Crippen LogP contribution in [0.4, 0.5) is 10.1 Å². The number of amides is 1. The number of sulfonamides is 1. The molecule has 0 spiro atoms. The molecule has 1 amide bonds. The molecule has 2 aromatic rings. The Morgan fingerprint density at radius 3 is 2.38 bits per heavy atom. The third-order valence-electron chi connectivity index (χ3n) is 4.41. The number of carbonyl (C=O) groups excluding carboxylic acids is 1. The molecule has 1 atom stereocenters. The highest BCUT2D eigenvalue weighted by Crippen LogP contribution is 2.20. The van der Waals surface area contributed by atoms with Gasteiger partial charge in [0.1, 0.15) is 5.82 Å². The van der Waals surface area contributed by atoms with Crippen molar-refractivity contribution in [2.75, 3.05) is 24.4 Å². The predicted octanol–water partition coefficient (Wildman–Crippen LogP) is 2.05. The number of nitrogens with one attached hydrogen (secondary N) is 1. The summed E-state index contributed by atoms with van der Waals surface area (Å²) in [5.41, 5.74) is 6.46. The lowest BCUT2D eigenvalue weighted by Gasteiger charge is -2.16. The zero-order valence-electron chi connectivity index (χ0n) is 14.1. The minimum Gasteiger partial charge on any atom is -0.338 e. The summed E-state index contributed by atoms with van der Waals surface area (Å²) in [5.74, 6) is -0.264. The van der Waals surface area contributed by atoms with Gasteiger partial charge in [0, 0.05) is 24.3 Å². The molecule has 26 heavy (non-hydrogen) atoms. The Bertz CT molecular complexity index is 883. The molecular formula is C18H20FN3O3S. The second-order valence-electron chi connectivity index (χ2n) is 6.28. The van der Waals surface area contributed by atoms with Crippen LogP contribution in [0.3, 0.4) is 0 Å². The Kier molecular flexibility index (Phi) is 5.24. The van der Waals surface area contributed by atoms with Crippen molar-refractivity contribution >= 4 is 21.6 Å². The van der Waals surface area contributed by atoms with Crippen molar-refractivity contribution in [3.8, 4) is 0 Å². The van der Waals surface area contributed by atoms with E-state index in [0.717, 1.165) is 18.6 Å². The average molecular weight is 377 g/mol. The monoisotopic (exact) mass is 377 g/mol. The van der Waals surface area contributed by atoms with Crippen LogP contribution in [-0.2, 0) is 10.0 Å². The molecule has 0 saturated carbocycles. The first-order chi connectivity index (χ1) is 12.4. The molecule has 3 N–H and O–H groups in total. The quantitative estimate of drug-likeness (QED) is 0.834. The Morgan fingerprint density at radius 1 is 1.15 bits per heavy atom. The first-order valence-electron chi connectivity index (χ1n) is 8.27. The van der Waals surface area contributed by atoms with Crippen LogP contribution in [0.1, 0.15) is 16.8 Å².